The van der Waals surface area contributed by atoms with E-state index >= 15 is 0 Å². The van der Waals surface area contributed by atoms with Crippen LogP contribution in [0.15, 0.2) is 0 Å². The van der Waals surface area contributed by atoms with Gasteiger partial charge < -0.3 is 4.79 Å². The smallest absolute Gasteiger partial charge is 0.302 e. The molecule has 0 aromatic heterocycles. The Balaban J connectivity index is 2.93. The molecule has 11 heavy (non-hydrogen) atoms. The number of alkyl halides is 5. The maximum Gasteiger partial charge on any atom is 0.407 e. The van der Waals surface area contributed by atoms with Crippen LogP contribution in [0.1, 0.15) is 6.42 Å². The van der Waals surface area contributed by atoms with Gasteiger partial charge in [-0.05, 0) is 0 Å². The summed E-state index contributed by atoms with van der Waals surface area (Å²) in [6, 6.07) is 0. The van der Waals surface area contributed by atoms with Gasteiger partial charge in [0.25, 0.3) is 5.92 Å². The largest absolute Gasteiger partial charge is 0.407 e. The van der Waals surface area contributed by atoms with Gasteiger partial charge in [0.15, 0.2) is 5.41 Å². The van der Waals surface area contributed by atoms with Crippen LogP contribution in [0.25, 0.3) is 0 Å². The Hall–Kier alpha value is -0.680. The van der Waals surface area contributed by atoms with E-state index in [4.69, 9.17) is 0 Å². The summed E-state index contributed by atoms with van der Waals surface area (Å²) in [5.41, 5.74) is -3.39. The zero-order chi connectivity index (χ0) is 8.91. The van der Waals surface area contributed by atoms with E-state index in [1.807, 2.05) is 0 Å². The van der Waals surface area contributed by atoms with Gasteiger partial charge in [-0.15, -0.1) is 0 Å². The van der Waals surface area contributed by atoms with Crippen LogP contribution in [0.5, 0.6) is 0 Å². The van der Waals surface area contributed by atoms with E-state index in [9.17, 15) is 26.7 Å². The first kappa shape index (κ1) is 8.42. The van der Waals surface area contributed by atoms with Crippen LogP contribution in [-0.4, -0.2) is 18.4 Å². The molecule has 1 saturated carbocycles. The lowest BCUT2D eigenvalue weighted by atomic mass is 10.1. The van der Waals surface area contributed by atoms with Crippen LogP contribution in [0, 0.1) is 5.41 Å². The highest BCUT2D eigenvalue weighted by atomic mass is 19.4. The molecule has 0 N–H and O–H groups in total. The fourth-order valence-electron chi connectivity index (χ4n) is 0.808. The van der Waals surface area contributed by atoms with E-state index in [-0.39, 0.29) is 0 Å². The van der Waals surface area contributed by atoms with Crippen molar-refractivity contribution >= 4 is 6.29 Å². The second kappa shape index (κ2) is 1.73. The molecular weight excluding hydrogens is 171 g/mol. The predicted octanol–water partition coefficient (Wildman–Crippen LogP) is 1.77. The average Bonchev–Trinajstić information content (AvgIpc) is 2.33. The quantitative estimate of drug-likeness (QED) is 0.437. The number of carbonyl (C=O) groups is 1. The zero-order valence-electron chi connectivity index (χ0n) is 5.08. The van der Waals surface area contributed by atoms with E-state index in [0.717, 1.165) is 0 Å². The van der Waals surface area contributed by atoms with Gasteiger partial charge in [0.1, 0.15) is 6.29 Å². The number of aldehydes is 1. The first-order valence-corrected chi connectivity index (χ1v) is 2.68. The van der Waals surface area contributed by atoms with Gasteiger partial charge in [-0.25, -0.2) is 8.78 Å². The van der Waals surface area contributed by atoms with E-state index in [0.29, 0.717) is 0 Å². The molecule has 0 aromatic carbocycles. The average molecular weight is 174 g/mol. The lowest BCUT2D eigenvalue weighted by Crippen LogP contribution is -2.31. The topological polar surface area (TPSA) is 17.1 Å². The minimum atomic E-state index is -5.13. The summed E-state index contributed by atoms with van der Waals surface area (Å²) < 4.78 is 59.0. The predicted molar refractivity (Wildman–Crippen MR) is 24.1 cm³/mol. The first-order chi connectivity index (χ1) is 4.77. The van der Waals surface area contributed by atoms with E-state index in [2.05, 4.69) is 0 Å². The van der Waals surface area contributed by atoms with Crippen molar-refractivity contribution in [3.8, 4) is 0 Å². The van der Waals surface area contributed by atoms with Crippen LogP contribution < -0.4 is 0 Å². The number of rotatable bonds is 1. The highest BCUT2D eigenvalue weighted by Gasteiger charge is 2.84. The molecule has 64 valence electrons. The van der Waals surface area contributed by atoms with Crippen molar-refractivity contribution in [2.45, 2.75) is 18.5 Å². The highest BCUT2D eigenvalue weighted by Crippen LogP contribution is 2.66. The Morgan fingerprint density at radius 2 is 1.64 bits per heavy atom. The second-order valence-electron chi connectivity index (χ2n) is 2.47. The third kappa shape index (κ3) is 0.844. The normalized spacial score (nSPS) is 35.0. The van der Waals surface area contributed by atoms with Crippen molar-refractivity contribution in [1.29, 1.82) is 0 Å². The van der Waals surface area contributed by atoms with Crippen LogP contribution in [0.3, 0.4) is 0 Å². The second-order valence-corrected chi connectivity index (χ2v) is 2.47. The number of carbonyl (C=O) groups excluding carboxylic acids is 1. The molecule has 0 aromatic rings. The maximum atomic E-state index is 12.0. The molecular formula is C5H3F5O. The molecule has 0 saturated heterocycles. The zero-order valence-corrected chi connectivity index (χ0v) is 5.08. The lowest BCUT2D eigenvalue weighted by Gasteiger charge is -2.12. The minimum Gasteiger partial charge on any atom is -0.302 e. The van der Waals surface area contributed by atoms with Gasteiger partial charge in [0, 0.05) is 6.42 Å². The van der Waals surface area contributed by atoms with Gasteiger partial charge in [0.2, 0.25) is 0 Å². The molecule has 1 fully saturated rings. The molecule has 1 aliphatic rings. The van der Waals surface area contributed by atoms with Gasteiger partial charge in [0.05, 0.1) is 0 Å². The molecule has 0 amide bonds. The van der Waals surface area contributed by atoms with Crippen molar-refractivity contribution in [2.75, 3.05) is 0 Å². The molecule has 0 radical (unpaired) electrons. The molecule has 0 heterocycles. The molecule has 1 unspecified atom stereocenters. The van der Waals surface area contributed by atoms with E-state index in [1.165, 1.54) is 0 Å². The van der Waals surface area contributed by atoms with Gasteiger partial charge >= 0.3 is 6.18 Å². The van der Waals surface area contributed by atoms with Crippen LogP contribution in [0.2, 0.25) is 0 Å². The summed E-state index contributed by atoms with van der Waals surface area (Å²) in [6.45, 7) is 0. The van der Waals surface area contributed by atoms with Gasteiger partial charge in [-0.1, -0.05) is 0 Å². The van der Waals surface area contributed by atoms with Gasteiger partial charge in [-0.2, -0.15) is 13.2 Å². The van der Waals surface area contributed by atoms with Crippen LogP contribution in [0.4, 0.5) is 22.0 Å². The number of hydrogen-bond donors (Lipinski definition) is 0. The third-order valence-corrected chi connectivity index (χ3v) is 1.74. The summed E-state index contributed by atoms with van der Waals surface area (Å²) in [5.74, 6) is -3.90. The Kier molecular flexibility index (Phi) is 1.32. The molecule has 1 nitrogen and oxygen atoms in total. The SMILES string of the molecule is O=CC1(C(F)(F)F)CC1(F)F. The molecule has 1 atom stereocenters. The fourth-order valence-corrected chi connectivity index (χ4v) is 0.808. The van der Waals surface area contributed by atoms with Crippen molar-refractivity contribution in [3.63, 3.8) is 0 Å². The summed E-state index contributed by atoms with van der Waals surface area (Å²) in [6.07, 6.45) is -7.25. The van der Waals surface area contributed by atoms with Gasteiger partial charge in [-0.3, -0.25) is 0 Å². The summed E-state index contributed by atoms with van der Waals surface area (Å²) in [4.78, 5) is 9.75. The van der Waals surface area contributed by atoms with E-state index in [1.54, 1.807) is 0 Å². The summed E-state index contributed by atoms with van der Waals surface area (Å²) in [7, 11) is 0. The fraction of sp³-hybridized carbons (Fsp3) is 0.800. The van der Waals surface area contributed by atoms with Crippen LogP contribution >= 0.6 is 0 Å². The third-order valence-electron chi connectivity index (χ3n) is 1.74. The molecule has 0 bridgehead atoms. The Labute approximate surface area is 58.2 Å². The van der Waals surface area contributed by atoms with Crippen molar-refractivity contribution < 1.29 is 26.7 Å². The van der Waals surface area contributed by atoms with Crippen LogP contribution in [-0.2, 0) is 4.79 Å². The molecule has 0 spiro atoms. The molecule has 1 rings (SSSR count). The molecule has 6 heteroatoms. The standard InChI is InChI=1S/C5H3F5O/c6-4(7)1-3(4,2-11)5(8,9)10/h2H,1H2. The minimum absolute atomic E-state index is 0.715. The summed E-state index contributed by atoms with van der Waals surface area (Å²) >= 11 is 0. The van der Waals surface area contributed by atoms with Crippen molar-refractivity contribution in [3.05, 3.63) is 0 Å². The van der Waals surface area contributed by atoms with Crippen molar-refractivity contribution in [1.82, 2.24) is 0 Å². The Bertz CT molecular complexity index is 196. The lowest BCUT2D eigenvalue weighted by molar-refractivity contribution is -0.203. The summed E-state index contributed by atoms with van der Waals surface area (Å²) in [5, 5.41) is 0. The maximum absolute atomic E-state index is 12.0. The van der Waals surface area contributed by atoms with Crippen molar-refractivity contribution in [2.24, 2.45) is 5.41 Å². The Morgan fingerprint density at radius 3 is 1.64 bits per heavy atom. The Morgan fingerprint density at radius 1 is 1.27 bits per heavy atom. The number of halogens is 5. The first-order valence-electron chi connectivity index (χ1n) is 2.68. The molecule has 1 aliphatic carbocycles. The highest BCUT2D eigenvalue weighted by molar-refractivity contribution is 5.68. The molecule has 0 aliphatic heterocycles. The van der Waals surface area contributed by atoms with E-state index < -0.39 is 30.2 Å². The monoisotopic (exact) mass is 174 g/mol. The number of hydrogen-bond acceptors (Lipinski definition) is 1.